The number of carbonyl (C=O) groups excluding carboxylic acids is 1. The summed E-state index contributed by atoms with van der Waals surface area (Å²) in [7, 11) is 1.47. The van der Waals surface area contributed by atoms with Gasteiger partial charge >= 0.3 is 6.03 Å². The van der Waals surface area contributed by atoms with Gasteiger partial charge < -0.3 is 20.5 Å². The zero-order chi connectivity index (χ0) is 14.4. The predicted molar refractivity (Wildman–Crippen MR) is 77.0 cm³/mol. The van der Waals surface area contributed by atoms with Crippen LogP contribution in [0.15, 0.2) is 21.6 Å². The molecule has 106 valence electrons. The van der Waals surface area contributed by atoms with E-state index in [1.807, 2.05) is 0 Å². The third-order valence-corrected chi connectivity index (χ3v) is 4.14. The van der Waals surface area contributed by atoms with E-state index in [1.54, 1.807) is 17.0 Å². The number of halogens is 1. The number of aliphatic imine (C=N–C) groups is 1. The van der Waals surface area contributed by atoms with Crippen LogP contribution in [-0.2, 0) is 0 Å². The first-order chi connectivity index (χ1) is 9.52. The number of phenols is 1. The molecule has 2 amide bonds. The van der Waals surface area contributed by atoms with E-state index in [9.17, 15) is 9.90 Å². The molecule has 7 heteroatoms. The van der Waals surface area contributed by atoms with Gasteiger partial charge in [0.2, 0.25) is 0 Å². The summed E-state index contributed by atoms with van der Waals surface area (Å²) in [6, 6.07) is 2.94. The van der Waals surface area contributed by atoms with Crippen LogP contribution in [-0.4, -0.2) is 35.0 Å². The summed E-state index contributed by atoms with van der Waals surface area (Å²) in [6.45, 7) is 0. The number of nitrogens with zero attached hydrogens (tertiary/aromatic N) is 2. The maximum Gasteiger partial charge on any atom is 0.346 e. The molecule has 1 unspecified atom stereocenters. The molecule has 1 atom stereocenters. The number of urea groups is 1. The van der Waals surface area contributed by atoms with E-state index < -0.39 is 0 Å². The Labute approximate surface area is 124 Å². The van der Waals surface area contributed by atoms with Crippen LogP contribution in [0.3, 0.4) is 0 Å². The van der Waals surface area contributed by atoms with Gasteiger partial charge in [-0.3, -0.25) is 0 Å². The van der Waals surface area contributed by atoms with E-state index in [-0.39, 0.29) is 29.7 Å². The van der Waals surface area contributed by atoms with Crippen molar-refractivity contribution in [3.05, 3.63) is 22.2 Å². The third kappa shape index (κ3) is 2.02. The van der Waals surface area contributed by atoms with Crippen molar-refractivity contribution in [1.29, 1.82) is 0 Å². The number of aromatic hydroxyl groups is 1. The molecule has 1 heterocycles. The van der Waals surface area contributed by atoms with Gasteiger partial charge in [0.15, 0.2) is 11.5 Å². The minimum Gasteiger partial charge on any atom is -0.503 e. The van der Waals surface area contributed by atoms with Crippen LogP contribution in [0.4, 0.5) is 4.79 Å². The van der Waals surface area contributed by atoms with Crippen molar-refractivity contribution in [2.45, 2.75) is 24.9 Å². The number of carbonyl (C=O) groups is 1. The first-order valence-electron chi connectivity index (χ1n) is 6.25. The zero-order valence-corrected chi connectivity index (χ0v) is 12.4. The molecule has 2 aliphatic rings. The minimum absolute atomic E-state index is 0.0223. The third-order valence-electron chi connectivity index (χ3n) is 3.53. The summed E-state index contributed by atoms with van der Waals surface area (Å²) in [5.41, 5.74) is 6.67. The van der Waals surface area contributed by atoms with Gasteiger partial charge in [-0.1, -0.05) is 0 Å². The van der Waals surface area contributed by atoms with Gasteiger partial charge in [-0.15, -0.1) is 0 Å². The zero-order valence-electron chi connectivity index (χ0n) is 10.8. The Morgan fingerprint density at radius 1 is 1.50 bits per heavy atom. The molecule has 0 saturated heterocycles. The van der Waals surface area contributed by atoms with E-state index in [2.05, 4.69) is 20.9 Å². The van der Waals surface area contributed by atoms with Crippen LogP contribution >= 0.6 is 15.9 Å². The van der Waals surface area contributed by atoms with Crippen LogP contribution in [0.25, 0.3) is 0 Å². The largest absolute Gasteiger partial charge is 0.503 e. The fourth-order valence-corrected chi connectivity index (χ4v) is 2.90. The molecule has 0 spiro atoms. The molecule has 1 fully saturated rings. The highest BCUT2D eigenvalue weighted by Crippen LogP contribution is 2.42. The van der Waals surface area contributed by atoms with Gasteiger partial charge in [-0.05, 0) is 46.5 Å². The van der Waals surface area contributed by atoms with Crippen LogP contribution in [0.2, 0.25) is 0 Å². The first-order valence-corrected chi connectivity index (χ1v) is 7.05. The quantitative estimate of drug-likeness (QED) is 0.883. The summed E-state index contributed by atoms with van der Waals surface area (Å²) in [4.78, 5) is 17.5. The molecule has 3 rings (SSSR count). The smallest absolute Gasteiger partial charge is 0.346 e. The molecule has 1 aliphatic carbocycles. The molecular formula is C13H14BrN3O3. The van der Waals surface area contributed by atoms with Crippen molar-refractivity contribution in [1.82, 2.24) is 4.90 Å². The fourth-order valence-electron chi connectivity index (χ4n) is 2.44. The SMILES string of the molecule is COc1cc(C2C(N)=NC(=O)N2C2CC2)cc(Br)c1O. The number of phenolic OH excluding ortho intramolecular Hbond substituents is 1. The number of ether oxygens (including phenoxy) is 1. The molecule has 0 aromatic heterocycles. The van der Waals surface area contributed by atoms with Crippen LogP contribution in [0, 0.1) is 0 Å². The standard InChI is InChI=1S/C13H14BrN3O3/c1-20-9-5-6(4-8(14)11(9)18)10-12(15)16-13(19)17(10)7-2-3-7/h4-5,7,10,18H,2-3H2,1H3,(H2,15,16,19). The summed E-state index contributed by atoms with van der Waals surface area (Å²) < 4.78 is 5.63. The topological polar surface area (TPSA) is 88.2 Å². The Kier molecular flexibility index (Phi) is 3.08. The summed E-state index contributed by atoms with van der Waals surface area (Å²) in [5.74, 6) is 0.632. The lowest BCUT2D eigenvalue weighted by Gasteiger charge is -2.25. The molecule has 6 nitrogen and oxygen atoms in total. The Morgan fingerprint density at radius 2 is 2.20 bits per heavy atom. The molecule has 1 saturated carbocycles. The second-order valence-corrected chi connectivity index (χ2v) is 5.77. The summed E-state index contributed by atoms with van der Waals surface area (Å²) >= 11 is 3.28. The Hall–Kier alpha value is -1.76. The normalized spacial score (nSPS) is 22.1. The van der Waals surface area contributed by atoms with Crippen molar-refractivity contribution >= 4 is 27.8 Å². The van der Waals surface area contributed by atoms with Crippen LogP contribution in [0.5, 0.6) is 11.5 Å². The molecule has 1 aromatic rings. The van der Waals surface area contributed by atoms with E-state index in [4.69, 9.17) is 10.5 Å². The van der Waals surface area contributed by atoms with Gasteiger partial charge in [0.25, 0.3) is 0 Å². The van der Waals surface area contributed by atoms with Gasteiger partial charge in [0.1, 0.15) is 11.9 Å². The molecule has 20 heavy (non-hydrogen) atoms. The second-order valence-electron chi connectivity index (χ2n) is 4.91. The highest BCUT2D eigenvalue weighted by molar-refractivity contribution is 9.10. The van der Waals surface area contributed by atoms with Crippen LogP contribution < -0.4 is 10.5 Å². The Morgan fingerprint density at radius 3 is 2.80 bits per heavy atom. The van der Waals surface area contributed by atoms with Gasteiger partial charge in [0, 0.05) is 6.04 Å². The average Bonchev–Trinajstić information content (AvgIpc) is 3.18. The molecule has 1 aliphatic heterocycles. The Bertz CT molecular complexity index is 613. The molecule has 0 bridgehead atoms. The Balaban J connectivity index is 2.05. The van der Waals surface area contributed by atoms with Gasteiger partial charge in [-0.25, -0.2) is 4.79 Å². The van der Waals surface area contributed by atoms with E-state index in [1.165, 1.54) is 7.11 Å². The molecule has 1 aromatic carbocycles. The van der Waals surface area contributed by atoms with Crippen molar-refractivity contribution < 1.29 is 14.6 Å². The van der Waals surface area contributed by atoms with Crippen molar-refractivity contribution in [2.75, 3.05) is 7.11 Å². The number of benzene rings is 1. The minimum atomic E-state index is -0.388. The number of nitrogens with two attached hydrogens (primary N) is 1. The van der Waals surface area contributed by atoms with Crippen molar-refractivity contribution in [2.24, 2.45) is 10.7 Å². The van der Waals surface area contributed by atoms with E-state index in [0.29, 0.717) is 10.2 Å². The highest BCUT2D eigenvalue weighted by atomic mass is 79.9. The highest BCUT2D eigenvalue weighted by Gasteiger charge is 2.44. The number of hydrogen-bond donors (Lipinski definition) is 2. The maximum absolute atomic E-state index is 11.9. The van der Waals surface area contributed by atoms with Gasteiger partial charge in [0.05, 0.1) is 11.6 Å². The second kappa shape index (κ2) is 4.66. The number of rotatable bonds is 3. The van der Waals surface area contributed by atoms with Gasteiger partial charge in [-0.2, -0.15) is 4.99 Å². The summed E-state index contributed by atoms with van der Waals surface area (Å²) in [6.07, 6.45) is 1.95. The van der Waals surface area contributed by atoms with Crippen molar-refractivity contribution in [3.63, 3.8) is 0 Å². The maximum atomic E-state index is 11.9. The number of amidine groups is 1. The lowest BCUT2D eigenvalue weighted by molar-refractivity contribution is 0.203. The van der Waals surface area contributed by atoms with E-state index in [0.717, 1.165) is 18.4 Å². The number of hydrogen-bond acceptors (Lipinski definition) is 4. The average molecular weight is 340 g/mol. The summed E-state index contributed by atoms with van der Waals surface area (Å²) in [5, 5.41) is 9.86. The van der Waals surface area contributed by atoms with Crippen LogP contribution in [0.1, 0.15) is 24.4 Å². The number of methoxy groups -OCH3 is 1. The molecule has 3 N–H and O–H groups in total. The fraction of sp³-hybridized carbons (Fsp3) is 0.385. The number of amides is 2. The first kappa shape index (κ1) is 13.2. The molecular weight excluding hydrogens is 326 g/mol. The molecule has 0 radical (unpaired) electrons. The monoisotopic (exact) mass is 339 g/mol. The van der Waals surface area contributed by atoms with Crippen molar-refractivity contribution in [3.8, 4) is 11.5 Å². The van der Waals surface area contributed by atoms with E-state index >= 15 is 0 Å². The predicted octanol–water partition coefficient (Wildman–Crippen LogP) is 2.16. The lowest BCUT2D eigenvalue weighted by atomic mass is 10.0. The lowest BCUT2D eigenvalue weighted by Crippen LogP contribution is -2.35.